The molecule has 0 spiro atoms. The van der Waals surface area contributed by atoms with Gasteiger partial charge in [-0.05, 0) is 38.7 Å². The molecule has 82 valence electrons. The monoisotopic (exact) mass is 207 g/mol. The van der Waals surface area contributed by atoms with Crippen LogP contribution < -0.4 is 10.5 Å². The minimum atomic E-state index is 0.0894. The van der Waals surface area contributed by atoms with Crippen molar-refractivity contribution in [1.29, 1.82) is 0 Å². The lowest BCUT2D eigenvalue weighted by molar-refractivity contribution is 0.376. The lowest BCUT2D eigenvalue weighted by Crippen LogP contribution is -2.22. The summed E-state index contributed by atoms with van der Waals surface area (Å²) in [5, 5.41) is 0. The van der Waals surface area contributed by atoms with Crippen molar-refractivity contribution in [1.82, 2.24) is 9.97 Å². The molecule has 0 amide bonds. The molecule has 0 atom stereocenters. The Morgan fingerprint density at radius 3 is 2.80 bits per heavy atom. The van der Waals surface area contributed by atoms with Crippen LogP contribution in [0.2, 0.25) is 0 Å². The molecule has 4 heteroatoms. The van der Waals surface area contributed by atoms with Crippen molar-refractivity contribution in [2.45, 2.75) is 38.1 Å². The number of rotatable bonds is 4. The van der Waals surface area contributed by atoms with Crippen LogP contribution in [0.5, 0.6) is 6.01 Å². The van der Waals surface area contributed by atoms with E-state index < -0.39 is 0 Å². The summed E-state index contributed by atoms with van der Waals surface area (Å²) in [6.07, 6.45) is 4.21. The highest BCUT2D eigenvalue weighted by molar-refractivity contribution is 5.14. The summed E-state index contributed by atoms with van der Waals surface area (Å²) in [5.74, 6) is 0. The van der Waals surface area contributed by atoms with Crippen LogP contribution in [-0.2, 0) is 6.42 Å². The molecule has 1 saturated carbocycles. The molecule has 1 fully saturated rings. The predicted octanol–water partition coefficient (Wildman–Crippen LogP) is 1.22. The average Bonchev–Trinajstić information content (AvgIpc) is 2.94. The van der Waals surface area contributed by atoms with Crippen molar-refractivity contribution in [3.05, 3.63) is 17.5 Å². The highest BCUT2D eigenvalue weighted by Gasteiger charge is 2.37. The first-order valence-electron chi connectivity index (χ1n) is 5.29. The first-order valence-corrected chi connectivity index (χ1v) is 5.29. The fourth-order valence-corrected chi connectivity index (χ4v) is 1.61. The zero-order chi connectivity index (χ0) is 10.9. The quantitative estimate of drug-likeness (QED) is 0.806. The van der Waals surface area contributed by atoms with E-state index in [1.807, 2.05) is 13.0 Å². The summed E-state index contributed by atoms with van der Waals surface area (Å²) in [5.41, 5.74) is 8.09. The van der Waals surface area contributed by atoms with Crippen LogP contribution >= 0.6 is 0 Å². The molecule has 4 nitrogen and oxygen atoms in total. The maximum absolute atomic E-state index is 6.03. The molecule has 0 bridgehead atoms. The van der Waals surface area contributed by atoms with E-state index in [-0.39, 0.29) is 5.54 Å². The summed E-state index contributed by atoms with van der Waals surface area (Å²) in [6, 6.07) is 2.45. The third-order valence-electron chi connectivity index (χ3n) is 2.84. The van der Waals surface area contributed by atoms with Gasteiger partial charge in [0.25, 0.3) is 0 Å². The Morgan fingerprint density at radius 2 is 2.20 bits per heavy atom. The number of aromatic nitrogens is 2. The van der Waals surface area contributed by atoms with Gasteiger partial charge >= 0.3 is 6.01 Å². The standard InChI is InChI=1S/C11H17N3O/c1-8-7-9(14-10(13-8)15-2)3-4-11(12)5-6-11/h7H,3-6,12H2,1-2H3. The number of hydrogen-bond acceptors (Lipinski definition) is 4. The van der Waals surface area contributed by atoms with Crippen LogP contribution in [-0.4, -0.2) is 22.6 Å². The lowest BCUT2D eigenvalue weighted by atomic mass is 10.1. The van der Waals surface area contributed by atoms with Gasteiger partial charge < -0.3 is 10.5 Å². The van der Waals surface area contributed by atoms with E-state index in [2.05, 4.69) is 9.97 Å². The molecule has 0 saturated heterocycles. The minimum Gasteiger partial charge on any atom is -0.467 e. The largest absolute Gasteiger partial charge is 0.467 e. The summed E-state index contributed by atoms with van der Waals surface area (Å²) < 4.78 is 5.03. The fourth-order valence-electron chi connectivity index (χ4n) is 1.61. The smallest absolute Gasteiger partial charge is 0.316 e. The van der Waals surface area contributed by atoms with Gasteiger partial charge in [-0.3, -0.25) is 0 Å². The zero-order valence-corrected chi connectivity index (χ0v) is 9.29. The molecule has 0 aliphatic heterocycles. The van der Waals surface area contributed by atoms with Gasteiger partial charge in [-0.15, -0.1) is 0 Å². The van der Waals surface area contributed by atoms with Crippen LogP contribution in [0.25, 0.3) is 0 Å². The topological polar surface area (TPSA) is 61.0 Å². The second kappa shape index (κ2) is 3.77. The van der Waals surface area contributed by atoms with Gasteiger partial charge in [0.2, 0.25) is 0 Å². The Hall–Kier alpha value is -1.16. The van der Waals surface area contributed by atoms with E-state index in [0.717, 1.165) is 37.1 Å². The summed E-state index contributed by atoms with van der Waals surface area (Å²) in [4.78, 5) is 8.44. The maximum Gasteiger partial charge on any atom is 0.316 e. The van der Waals surface area contributed by atoms with Gasteiger partial charge in [0.05, 0.1) is 7.11 Å². The van der Waals surface area contributed by atoms with Crippen molar-refractivity contribution >= 4 is 0 Å². The second-order valence-corrected chi connectivity index (χ2v) is 4.35. The van der Waals surface area contributed by atoms with E-state index >= 15 is 0 Å². The molecule has 0 radical (unpaired) electrons. The highest BCUT2D eigenvalue weighted by Crippen LogP contribution is 2.36. The number of nitrogens with zero attached hydrogens (tertiary/aromatic N) is 2. The number of ether oxygens (including phenoxy) is 1. The Labute approximate surface area is 89.9 Å². The van der Waals surface area contributed by atoms with E-state index in [1.165, 1.54) is 0 Å². The number of nitrogens with two attached hydrogens (primary N) is 1. The van der Waals surface area contributed by atoms with Gasteiger partial charge in [0, 0.05) is 16.9 Å². The minimum absolute atomic E-state index is 0.0894. The molecule has 1 aromatic heterocycles. The Bertz CT molecular complexity index is 361. The summed E-state index contributed by atoms with van der Waals surface area (Å²) in [6.45, 7) is 1.95. The van der Waals surface area contributed by atoms with Crippen LogP contribution in [0.4, 0.5) is 0 Å². The number of hydrogen-bond donors (Lipinski definition) is 1. The van der Waals surface area contributed by atoms with E-state index in [1.54, 1.807) is 7.11 Å². The molecular weight excluding hydrogens is 190 g/mol. The molecule has 1 aliphatic rings. The molecule has 2 rings (SSSR count). The number of methoxy groups -OCH3 is 1. The SMILES string of the molecule is COc1nc(C)cc(CCC2(N)CC2)n1. The van der Waals surface area contributed by atoms with Gasteiger partial charge in [-0.1, -0.05) is 0 Å². The Balaban J connectivity index is 2.03. The molecule has 2 N–H and O–H groups in total. The van der Waals surface area contributed by atoms with Crippen LogP contribution in [0.1, 0.15) is 30.7 Å². The average molecular weight is 207 g/mol. The summed E-state index contributed by atoms with van der Waals surface area (Å²) >= 11 is 0. The van der Waals surface area contributed by atoms with E-state index in [0.29, 0.717) is 6.01 Å². The molecule has 0 aromatic carbocycles. The van der Waals surface area contributed by atoms with Crippen molar-refractivity contribution in [2.24, 2.45) is 5.73 Å². The van der Waals surface area contributed by atoms with Crippen molar-refractivity contribution in [3.8, 4) is 6.01 Å². The molecule has 0 unspecified atom stereocenters. The maximum atomic E-state index is 6.03. The molecule has 1 heterocycles. The zero-order valence-electron chi connectivity index (χ0n) is 9.29. The first kappa shape index (κ1) is 10.4. The third kappa shape index (κ3) is 2.65. The fraction of sp³-hybridized carbons (Fsp3) is 0.636. The molecular formula is C11H17N3O. The Kier molecular flexibility index (Phi) is 2.61. The van der Waals surface area contributed by atoms with Gasteiger partial charge in [0.1, 0.15) is 0 Å². The second-order valence-electron chi connectivity index (χ2n) is 4.35. The van der Waals surface area contributed by atoms with Crippen LogP contribution in [0.15, 0.2) is 6.07 Å². The number of aryl methyl sites for hydroxylation is 2. The first-order chi connectivity index (χ1) is 7.11. The van der Waals surface area contributed by atoms with Gasteiger partial charge in [-0.25, -0.2) is 9.97 Å². The molecule has 1 aliphatic carbocycles. The molecule has 1 aromatic rings. The lowest BCUT2D eigenvalue weighted by Gasteiger charge is -2.08. The summed E-state index contributed by atoms with van der Waals surface area (Å²) in [7, 11) is 1.59. The third-order valence-corrected chi connectivity index (χ3v) is 2.84. The van der Waals surface area contributed by atoms with Gasteiger partial charge in [-0.2, -0.15) is 0 Å². The van der Waals surface area contributed by atoms with Crippen LogP contribution in [0.3, 0.4) is 0 Å². The van der Waals surface area contributed by atoms with E-state index in [9.17, 15) is 0 Å². The Morgan fingerprint density at radius 1 is 1.47 bits per heavy atom. The van der Waals surface area contributed by atoms with Crippen molar-refractivity contribution < 1.29 is 4.74 Å². The highest BCUT2D eigenvalue weighted by atomic mass is 16.5. The van der Waals surface area contributed by atoms with Crippen molar-refractivity contribution in [3.63, 3.8) is 0 Å². The van der Waals surface area contributed by atoms with E-state index in [4.69, 9.17) is 10.5 Å². The predicted molar refractivity (Wildman–Crippen MR) is 57.8 cm³/mol. The normalized spacial score (nSPS) is 17.5. The van der Waals surface area contributed by atoms with Gasteiger partial charge in [0.15, 0.2) is 0 Å². The van der Waals surface area contributed by atoms with Crippen molar-refractivity contribution in [2.75, 3.05) is 7.11 Å². The molecule has 15 heavy (non-hydrogen) atoms. The van der Waals surface area contributed by atoms with Crippen LogP contribution in [0, 0.1) is 6.92 Å².